The SMILES string of the molecule is COc1ccc2c(c1)c1cc(C)ccc1n2-c1cncc(-c2cncc(-n3c4ccc(C)cc4c4cc(OC)ccc43)c2)c1. The molecule has 0 saturated heterocycles. The molecule has 0 atom stereocenters. The standard InChI is InChI=1S/C38H30N4O2/c1-23-5-9-35-31(13-23)33-17-29(43-3)7-11-37(33)41(35)27-15-25(19-39-21-27)26-16-28(22-40-20-26)42-36-10-6-24(2)14-32(36)34-18-30(44-4)8-12-38(34)42/h5-22H,1-4H3. The van der Waals surface area contributed by atoms with Crippen LogP contribution in [0, 0.1) is 13.8 Å². The first-order valence-corrected chi connectivity index (χ1v) is 14.6. The average molecular weight is 575 g/mol. The number of nitrogens with zero attached hydrogens (tertiary/aromatic N) is 4. The van der Waals surface area contributed by atoms with Gasteiger partial charge >= 0.3 is 0 Å². The van der Waals surface area contributed by atoms with E-state index >= 15 is 0 Å². The van der Waals surface area contributed by atoms with Crippen molar-refractivity contribution < 1.29 is 9.47 Å². The summed E-state index contributed by atoms with van der Waals surface area (Å²) in [4.78, 5) is 9.42. The Morgan fingerprint density at radius 1 is 0.455 bits per heavy atom. The van der Waals surface area contributed by atoms with Crippen LogP contribution in [0.4, 0.5) is 0 Å². The quantitative estimate of drug-likeness (QED) is 0.206. The highest BCUT2D eigenvalue weighted by atomic mass is 16.5. The van der Waals surface area contributed by atoms with Crippen LogP contribution in [0.15, 0.2) is 110 Å². The lowest BCUT2D eigenvalue weighted by molar-refractivity contribution is 0.415. The number of ether oxygens (including phenoxy) is 2. The van der Waals surface area contributed by atoms with Crippen molar-refractivity contribution in [1.29, 1.82) is 0 Å². The molecule has 214 valence electrons. The summed E-state index contributed by atoms with van der Waals surface area (Å²) in [6, 6.07) is 30.0. The van der Waals surface area contributed by atoms with Crippen molar-refractivity contribution in [1.82, 2.24) is 19.1 Å². The van der Waals surface area contributed by atoms with Gasteiger partial charge in [-0.25, -0.2) is 0 Å². The maximum Gasteiger partial charge on any atom is 0.119 e. The summed E-state index contributed by atoms with van der Waals surface area (Å²) in [5.74, 6) is 1.68. The lowest BCUT2D eigenvalue weighted by Gasteiger charge is -2.12. The van der Waals surface area contributed by atoms with Gasteiger partial charge < -0.3 is 18.6 Å². The van der Waals surface area contributed by atoms with Crippen LogP contribution in [0.1, 0.15) is 11.1 Å². The molecule has 4 aromatic carbocycles. The summed E-state index contributed by atoms with van der Waals surface area (Å²) in [6.07, 6.45) is 7.66. The van der Waals surface area contributed by atoms with Crippen molar-refractivity contribution in [3.05, 3.63) is 121 Å². The smallest absolute Gasteiger partial charge is 0.119 e. The second kappa shape index (κ2) is 9.99. The fourth-order valence-corrected chi connectivity index (χ4v) is 6.46. The van der Waals surface area contributed by atoms with E-state index in [1.165, 1.54) is 21.9 Å². The van der Waals surface area contributed by atoms with E-state index in [2.05, 4.69) is 95.8 Å². The van der Waals surface area contributed by atoms with Crippen molar-refractivity contribution in [2.24, 2.45) is 0 Å². The molecule has 0 fully saturated rings. The molecule has 4 aromatic heterocycles. The summed E-state index contributed by atoms with van der Waals surface area (Å²) >= 11 is 0. The molecule has 6 nitrogen and oxygen atoms in total. The molecule has 0 aliphatic rings. The van der Waals surface area contributed by atoms with Crippen LogP contribution in [0.2, 0.25) is 0 Å². The molecule has 0 spiro atoms. The molecule has 0 saturated carbocycles. The van der Waals surface area contributed by atoms with E-state index in [1.54, 1.807) is 14.2 Å². The normalized spacial score (nSPS) is 11.6. The maximum atomic E-state index is 5.57. The first-order valence-electron chi connectivity index (χ1n) is 14.6. The van der Waals surface area contributed by atoms with E-state index in [9.17, 15) is 0 Å². The summed E-state index contributed by atoms with van der Waals surface area (Å²) < 4.78 is 15.7. The highest BCUT2D eigenvalue weighted by molar-refractivity contribution is 6.11. The monoisotopic (exact) mass is 574 g/mol. The topological polar surface area (TPSA) is 54.1 Å². The summed E-state index contributed by atoms with van der Waals surface area (Å²) in [7, 11) is 3.41. The van der Waals surface area contributed by atoms with E-state index < -0.39 is 0 Å². The highest BCUT2D eigenvalue weighted by Crippen LogP contribution is 2.37. The minimum atomic E-state index is 0.839. The zero-order valence-electron chi connectivity index (χ0n) is 25.0. The largest absolute Gasteiger partial charge is 0.497 e. The molecule has 4 heterocycles. The van der Waals surface area contributed by atoms with Crippen molar-refractivity contribution in [3.63, 3.8) is 0 Å². The summed E-state index contributed by atoms with van der Waals surface area (Å²) in [5, 5.41) is 4.67. The molecular formula is C38H30N4O2. The number of benzene rings is 4. The third-order valence-corrected chi connectivity index (χ3v) is 8.55. The lowest BCUT2D eigenvalue weighted by atomic mass is 10.1. The Labute approximate surface area is 254 Å². The number of pyridine rings is 2. The van der Waals surface area contributed by atoms with Crippen LogP contribution in [0.5, 0.6) is 11.5 Å². The van der Waals surface area contributed by atoms with Crippen molar-refractivity contribution in [3.8, 4) is 34.0 Å². The predicted molar refractivity (Wildman–Crippen MR) is 179 cm³/mol. The Morgan fingerprint density at radius 2 is 0.841 bits per heavy atom. The average Bonchev–Trinajstić information content (AvgIpc) is 3.55. The Balaban J connectivity index is 1.30. The molecule has 0 amide bonds. The van der Waals surface area contributed by atoms with Gasteiger partial charge in [0.2, 0.25) is 0 Å². The molecule has 0 aliphatic carbocycles. The second-order valence-electron chi connectivity index (χ2n) is 11.3. The van der Waals surface area contributed by atoms with Gasteiger partial charge in [0.05, 0.1) is 60.1 Å². The molecule has 6 heteroatoms. The fourth-order valence-electron chi connectivity index (χ4n) is 6.46. The van der Waals surface area contributed by atoms with Gasteiger partial charge in [0.15, 0.2) is 0 Å². The van der Waals surface area contributed by atoms with E-state index in [0.717, 1.165) is 66.8 Å². The van der Waals surface area contributed by atoms with Crippen molar-refractivity contribution in [2.45, 2.75) is 13.8 Å². The van der Waals surface area contributed by atoms with Crippen LogP contribution >= 0.6 is 0 Å². The van der Waals surface area contributed by atoms with Gasteiger partial charge in [-0.3, -0.25) is 9.97 Å². The molecule has 0 radical (unpaired) electrons. The van der Waals surface area contributed by atoms with Crippen LogP contribution < -0.4 is 9.47 Å². The maximum absolute atomic E-state index is 5.57. The van der Waals surface area contributed by atoms with Gasteiger partial charge in [0, 0.05) is 45.1 Å². The van der Waals surface area contributed by atoms with Crippen LogP contribution in [0.3, 0.4) is 0 Å². The van der Waals surface area contributed by atoms with Gasteiger partial charge in [-0.05, 0) is 86.6 Å². The molecule has 0 aliphatic heterocycles. The highest BCUT2D eigenvalue weighted by Gasteiger charge is 2.17. The van der Waals surface area contributed by atoms with Crippen molar-refractivity contribution in [2.75, 3.05) is 14.2 Å². The third-order valence-electron chi connectivity index (χ3n) is 8.55. The minimum absolute atomic E-state index is 0.839. The van der Waals surface area contributed by atoms with E-state index in [1.807, 2.05) is 36.9 Å². The first kappa shape index (κ1) is 26.0. The number of aryl methyl sites for hydroxylation is 2. The van der Waals surface area contributed by atoms with Gasteiger partial charge in [0.1, 0.15) is 11.5 Å². The Bertz CT molecular complexity index is 2230. The zero-order valence-corrected chi connectivity index (χ0v) is 25.0. The third kappa shape index (κ3) is 4.02. The Kier molecular flexibility index (Phi) is 5.91. The number of methoxy groups -OCH3 is 2. The number of rotatable bonds is 5. The number of hydrogen-bond donors (Lipinski definition) is 0. The minimum Gasteiger partial charge on any atom is -0.497 e. The Morgan fingerprint density at radius 3 is 1.25 bits per heavy atom. The van der Waals surface area contributed by atoms with Gasteiger partial charge in [0.25, 0.3) is 0 Å². The molecule has 0 N–H and O–H groups in total. The number of hydrogen-bond acceptors (Lipinski definition) is 4. The molecule has 8 aromatic rings. The second-order valence-corrected chi connectivity index (χ2v) is 11.3. The molecular weight excluding hydrogens is 544 g/mol. The number of aromatic nitrogens is 4. The molecule has 8 rings (SSSR count). The molecule has 0 bridgehead atoms. The predicted octanol–water partition coefficient (Wildman–Crippen LogP) is 8.97. The fraction of sp³-hybridized carbons (Fsp3) is 0.105. The van der Waals surface area contributed by atoms with Gasteiger partial charge in [-0.15, -0.1) is 0 Å². The summed E-state index contributed by atoms with van der Waals surface area (Å²) in [6.45, 7) is 4.25. The van der Waals surface area contributed by atoms with Crippen LogP contribution in [-0.2, 0) is 0 Å². The van der Waals surface area contributed by atoms with E-state index in [0.29, 0.717) is 0 Å². The zero-order chi connectivity index (χ0) is 29.9. The van der Waals surface area contributed by atoms with Gasteiger partial charge in [-0.1, -0.05) is 23.3 Å². The first-order chi connectivity index (χ1) is 21.5. The Hall–Kier alpha value is -5.62. The lowest BCUT2D eigenvalue weighted by Crippen LogP contribution is -1.98. The van der Waals surface area contributed by atoms with Crippen molar-refractivity contribution >= 4 is 43.6 Å². The van der Waals surface area contributed by atoms with Crippen LogP contribution in [-0.4, -0.2) is 33.3 Å². The van der Waals surface area contributed by atoms with E-state index in [4.69, 9.17) is 19.4 Å². The van der Waals surface area contributed by atoms with E-state index in [-0.39, 0.29) is 0 Å². The number of fused-ring (bicyclic) bond motifs is 6. The summed E-state index contributed by atoms with van der Waals surface area (Å²) in [5.41, 5.74) is 10.8. The van der Waals surface area contributed by atoms with Crippen LogP contribution in [0.25, 0.3) is 66.1 Å². The van der Waals surface area contributed by atoms with Gasteiger partial charge in [-0.2, -0.15) is 0 Å². The molecule has 44 heavy (non-hydrogen) atoms. The molecule has 0 unspecified atom stereocenters.